The lowest BCUT2D eigenvalue weighted by molar-refractivity contribution is -0.117. The molecule has 0 spiro atoms. The fourth-order valence-corrected chi connectivity index (χ4v) is 5.06. The molecule has 0 aromatic heterocycles. The summed E-state index contributed by atoms with van der Waals surface area (Å²) in [6.45, 7) is 2.21. The van der Waals surface area contributed by atoms with E-state index < -0.39 is 0 Å². The van der Waals surface area contributed by atoms with Crippen molar-refractivity contribution in [2.75, 3.05) is 6.61 Å². The van der Waals surface area contributed by atoms with Gasteiger partial charge in [0.2, 0.25) is 0 Å². The zero-order valence-electron chi connectivity index (χ0n) is 8.73. The number of benzene rings is 1. The number of hydrogen-bond acceptors (Lipinski definition) is 2. The topological polar surface area (TPSA) is 26.3 Å². The van der Waals surface area contributed by atoms with Gasteiger partial charge in [-0.25, -0.2) is 0 Å². The quantitative estimate of drug-likeness (QED) is 0.401. The Balaban J connectivity index is 2.57. The second-order valence-corrected chi connectivity index (χ2v) is 6.92. The molecule has 0 heterocycles. The van der Waals surface area contributed by atoms with Crippen molar-refractivity contribution < 1.29 is 9.53 Å². The first-order valence-corrected chi connectivity index (χ1v) is 8.01. The van der Waals surface area contributed by atoms with Crippen LogP contribution >= 0.6 is 67.8 Å². The van der Waals surface area contributed by atoms with Crippen LogP contribution in [0.3, 0.4) is 0 Å². The van der Waals surface area contributed by atoms with Crippen LogP contribution in [0.25, 0.3) is 0 Å². The van der Waals surface area contributed by atoms with E-state index in [4.69, 9.17) is 4.74 Å². The summed E-state index contributed by atoms with van der Waals surface area (Å²) in [5, 5.41) is 0. The first kappa shape index (κ1) is 14.9. The van der Waals surface area contributed by atoms with Gasteiger partial charge in [0.05, 0.1) is 13.7 Å². The number of halogens is 3. The maximum absolute atomic E-state index is 10.8. The minimum Gasteiger partial charge on any atom is -0.491 e. The average Bonchev–Trinajstić information content (AvgIpc) is 2.14. The van der Waals surface area contributed by atoms with E-state index in [0.29, 0.717) is 13.0 Å². The Labute approximate surface area is 136 Å². The van der Waals surface area contributed by atoms with Crippen LogP contribution < -0.4 is 4.74 Å². The molecule has 0 atom stereocenters. The summed E-state index contributed by atoms with van der Waals surface area (Å²) in [6.07, 6.45) is 1.38. The fraction of sp³-hybridized carbons (Fsp3) is 0.364. The van der Waals surface area contributed by atoms with Crippen LogP contribution in [0.15, 0.2) is 12.1 Å². The van der Waals surface area contributed by atoms with Crippen molar-refractivity contribution >= 4 is 73.6 Å². The molecule has 0 fully saturated rings. The Hall–Kier alpha value is 0.880. The lowest BCUT2D eigenvalue weighted by Gasteiger charge is -2.10. The van der Waals surface area contributed by atoms with E-state index >= 15 is 0 Å². The van der Waals surface area contributed by atoms with Crippen molar-refractivity contribution in [1.82, 2.24) is 0 Å². The fourth-order valence-electron chi connectivity index (χ4n) is 1.16. The third-order valence-electron chi connectivity index (χ3n) is 1.88. The van der Waals surface area contributed by atoms with Crippen molar-refractivity contribution in [2.45, 2.75) is 19.8 Å². The van der Waals surface area contributed by atoms with Gasteiger partial charge in [-0.3, -0.25) is 0 Å². The summed E-state index contributed by atoms with van der Waals surface area (Å²) in [6, 6.07) is 4.17. The molecule has 0 aliphatic carbocycles. The third kappa shape index (κ3) is 5.03. The molecule has 0 amide bonds. The molecule has 0 saturated heterocycles. The minimum absolute atomic E-state index is 0.218. The van der Waals surface area contributed by atoms with Crippen molar-refractivity contribution in [3.8, 4) is 5.75 Å². The molecule has 0 radical (unpaired) electrons. The highest BCUT2D eigenvalue weighted by molar-refractivity contribution is 14.1. The number of rotatable bonds is 5. The zero-order chi connectivity index (χ0) is 12.1. The van der Waals surface area contributed by atoms with E-state index in [1.807, 2.05) is 0 Å². The number of Topliss-reactive ketones (excluding diaryl/α,β-unsaturated/α-hetero) is 1. The van der Waals surface area contributed by atoms with Gasteiger partial charge in [0, 0.05) is 9.99 Å². The van der Waals surface area contributed by atoms with Crippen LogP contribution in [0.2, 0.25) is 0 Å². The molecular formula is C11H11I3O2. The SMILES string of the molecule is CC(=O)CCCOc1c(I)cc(I)cc1I. The highest BCUT2D eigenvalue weighted by atomic mass is 127. The monoisotopic (exact) mass is 556 g/mol. The Kier molecular flexibility index (Phi) is 6.86. The normalized spacial score (nSPS) is 10.2. The molecule has 16 heavy (non-hydrogen) atoms. The molecule has 0 aliphatic heterocycles. The molecule has 1 aromatic rings. The average molecular weight is 556 g/mol. The van der Waals surface area contributed by atoms with Crippen LogP contribution in [0.1, 0.15) is 19.8 Å². The first-order valence-electron chi connectivity index (χ1n) is 4.77. The van der Waals surface area contributed by atoms with E-state index in [9.17, 15) is 4.79 Å². The van der Waals surface area contributed by atoms with E-state index in [-0.39, 0.29) is 5.78 Å². The molecular weight excluding hydrogens is 545 g/mol. The Morgan fingerprint density at radius 2 is 1.81 bits per heavy atom. The van der Waals surface area contributed by atoms with Gasteiger partial charge in [0.15, 0.2) is 0 Å². The molecule has 0 unspecified atom stereocenters. The van der Waals surface area contributed by atoms with E-state index in [1.54, 1.807) is 6.92 Å². The first-order chi connectivity index (χ1) is 7.50. The molecule has 0 aliphatic rings. The number of carbonyl (C=O) groups is 1. The second-order valence-electron chi connectivity index (χ2n) is 3.35. The van der Waals surface area contributed by atoms with Gasteiger partial charge >= 0.3 is 0 Å². The van der Waals surface area contributed by atoms with Crippen LogP contribution in [-0.4, -0.2) is 12.4 Å². The van der Waals surface area contributed by atoms with E-state index in [1.165, 1.54) is 3.57 Å². The highest BCUT2D eigenvalue weighted by Gasteiger charge is 2.07. The van der Waals surface area contributed by atoms with Gasteiger partial charge in [0.25, 0.3) is 0 Å². The van der Waals surface area contributed by atoms with Crippen molar-refractivity contribution in [3.05, 3.63) is 22.8 Å². The number of hydrogen-bond donors (Lipinski definition) is 0. The number of ketones is 1. The zero-order valence-corrected chi connectivity index (χ0v) is 15.2. The molecule has 1 rings (SSSR count). The molecule has 0 saturated carbocycles. The molecule has 88 valence electrons. The largest absolute Gasteiger partial charge is 0.491 e. The van der Waals surface area contributed by atoms with E-state index in [2.05, 4.69) is 79.9 Å². The van der Waals surface area contributed by atoms with Crippen molar-refractivity contribution in [2.24, 2.45) is 0 Å². The second kappa shape index (κ2) is 7.34. The number of carbonyl (C=O) groups excluding carboxylic acids is 1. The Morgan fingerprint density at radius 3 is 2.31 bits per heavy atom. The summed E-state index contributed by atoms with van der Waals surface area (Å²) in [4.78, 5) is 10.8. The standard InChI is InChI=1S/C11H11I3O2/c1-7(15)3-2-4-16-11-9(13)5-8(12)6-10(11)14/h5-6H,2-4H2,1H3. The van der Waals surface area contributed by atoms with Gasteiger partial charge in [-0.2, -0.15) is 0 Å². The van der Waals surface area contributed by atoms with E-state index in [0.717, 1.165) is 19.3 Å². The predicted octanol–water partition coefficient (Wildman–Crippen LogP) is 4.25. The van der Waals surface area contributed by atoms with Crippen LogP contribution in [-0.2, 0) is 4.79 Å². The highest BCUT2D eigenvalue weighted by Crippen LogP contribution is 2.29. The molecule has 2 nitrogen and oxygen atoms in total. The number of ether oxygens (including phenoxy) is 1. The summed E-state index contributed by atoms with van der Waals surface area (Å²) < 4.78 is 9.16. The van der Waals surface area contributed by atoms with Gasteiger partial charge in [-0.05, 0) is 93.2 Å². The van der Waals surface area contributed by atoms with Gasteiger partial charge in [-0.15, -0.1) is 0 Å². The van der Waals surface area contributed by atoms with Gasteiger partial charge < -0.3 is 9.53 Å². The smallest absolute Gasteiger partial charge is 0.145 e. The lowest BCUT2D eigenvalue weighted by Crippen LogP contribution is -2.03. The predicted molar refractivity (Wildman–Crippen MR) is 90.0 cm³/mol. The van der Waals surface area contributed by atoms with Crippen LogP contribution in [0.4, 0.5) is 0 Å². The van der Waals surface area contributed by atoms with Crippen molar-refractivity contribution in [3.63, 3.8) is 0 Å². The Morgan fingerprint density at radius 1 is 1.25 bits per heavy atom. The molecule has 0 N–H and O–H groups in total. The van der Waals surface area contributed by atoms with Gasteiger partial charge in [0.1, 0.15) is 11.5 Å². The molecule has 1 aromatic carbocycles. The van der Waals surface area contributed by atoms with Crippen LogP contribution in [0.5, 0.6) is 5.75 Å². The summed E-state index contributed by atoms with van der Waals surface area (Å²) >= 11 is 6.84. The minimum atomic E-state index is 0.218. The maximum Gasteiger partial charge on any atom is 0.145 e. The Bertz CT molecular complexity index is 368. The summed E-state index contributed by atoms with van der Waals surface area (Å²) in [7, 11) is 0. The summed E-state index contributed by atoms with van der Waals surface area (Å²) in [5.74, 6) is 1.15. The summed E-state index contributed by atoms with van der Waals surface area (Å²) in [5.41, 5.74) is 0. The third-order valence-corrected chi connectivity index (χ3v) is 4.11. The lowest BCUT2D eigenvalue weighted by atomic mass is 10.2. The van der Waals surface area contributed by atoms with Crippen molar-refractivity contribution in [1.29, 1.82) is 0 Å². The van der Waals surface area contributed by atoms with Gasteiger partial charge in [-0.1, -0.05) is 0 Å². The molecule has 0 bridgehead atoms. The van der Waals surface area contributed by atoms with Crippen LogP contribution in [0, 0.1) is 10.7 Å². The maximum atomic E-state index is 10.8. The molecule has 5 heteroatoms.